The molecule has 0 saturated carbocycles. The van der Waals surface area contributed by atoms with Crippen molar-refractivity contribution >= 4 is 5.78 Å². The molecular weight excluding hydrogens is 268 g/mol. The summed E-state index contributed by atoms with van der Waals surface area (Å²) in [6.45, 7) is 0. The Kier molecular flexibility index (Phi) is 3.12. The Morgan fingerprint density at radius 1 is 0.727 bits per heavy atom. The third-order valence-corrected chi connectivity index (χ3v) is 4.43. The molecule has 22 heavy (non-hydrogen) atoms. The lowest BCUT2D eigenvalue weighted by Crippen LogP contribution is -1.96. The lowest BCUT2D eigenvalue weighted by atomic mass is 9.92. The lowest BCUT2D eigenvalue weighted by Gasteiger charge is -2.11. The molecule has 0 radical (unpaired) electrons. The van der Waals surface area contributed by atoms with Crippen LogP contribution in [0.4, 0.5) is 0 Å². The third-order valence-electron chi connectivity index (χ3n) is 4.43. The van der Waals surface area contributed by atoms with E-state index in [9.17, 15) is 4.79 Å². The van der Waals surface area contributed by atoms with E-state index in [-0.39, 0.29) is 11.7 Å². The van der Waals surface area contributed by atoms with Crippen molar-refractivity contribution in [2.75, 3.05) is 0 Å². The van der Waals surface area contributed by atoms with Crippen LogP contribution in [0.5, 0.6) is 0 Å². The number of rotatable bonds is 2. The lowest BCUT2D eigenvalue weighted by molar-refractivity contribution is 0.0991. The van der Waals surface area contributed by atoms with Crippen LogP contribution >= 0.6 is 0 Å². The highest BCUT2D eigenvalue weighted by Gasteiger charge is 2.30. The molecule has 0 aromatic heterocycles. The van der Waals surface area contributed by atoms with Crippen LogP contribution in [-0.2, 0) is 0 Å². The summed E-state index contributed by atoms with van der Waals surface area (Å²) < 4.78 is 0. The van der Waals surface area contributed by atoms with Crippen molar-refractivity contribution in [1.82, 2.24) is 0 Å². The molecule has 1 aliphatic rings. The van der Waals surface area contributed by atoms with E-state index < -0.39 is 0 Å². The quantitative estimate of drug-likeness (QED) is 0.642. The summed E-state index contributed by atoms with van der Waals surface area (Å²) in [5.41, 5.74) is 5.54. The molecule has 106 valence electrons. The standard InChI is InChI=1S/C21H16O/c22-21-14-19(16-9-5-2-6-10-16)18-12-11-17(13-20(18)21)15-7-3-1-4-8-15/h1-13,19H,14H2. The molecule has 0 bridgehead atoms. The molecule has 1 unspecified atom stereocenters. The summed E-state index contributed by atoms with van der Waals surface area (Å²) in [6.07, 6.45) is 0.581. The molecule has 0 amide bonds. The molecule has 0 aliphatic heterocycles. The van der Waals surface area contributed by atoms with Crippen molar-refractivity contribution < 1.29 is 4.79 Å². The van der Waals surface area contributed by atoms with Crippen LogP contribution in [0.1, 0.15) is 33.8 Å². The van der Waals surface area contributed by atoms with Crippen molar-refractivity contribution in [2.24, 2.45) is 0 Å². The minimum Gasteiger partial charge on any atom is -0.294 e. The van der Waals surface area contributed by atoms with Gasteiger partial charge in [-0.05, 0) is 28.3 Å². The first kappa shape index (κ1) is 13.0. The number of Topliss-reactive ketones (excluding diaryl/α,β-unsaturated/α-hetero) is 1. The average molecular weight is 284 g/mol. The largest absolute Gasteiger partial charge is 0.294 e. The number of carbonyl (C=O) groups is 1. The minimum atomic E-state index is 0.202. The van der Waals surface area contributed by atoms with Gasteiger partial charge in [0.25, 0.3) is 0 Å². The van der Waals surface area contributed by atoms with E-state index in [0.717, 1.165) is 22.3 Å². The Morgan fingerprint density at radius 3 is 2.14 bits per heavy atom. The van der Waals surface area contributed by atoms with Gasteiger partial charge in [0.2, 0.25) is 0 Å². The van der Waals surface area contributed by atoms with Crippen LogP contribution in [0.15, 0.2) is 78.9 Å². The highest BCUT2D eigenvalue weighted by atomic mass is 16.1. The van der Waals surface area contributed by atoms with Gasteiger partial charge in [-0.15, -0.1) is 0 Å². The molecule has 4 rings (SSSR count). The highest BCUT2D eigenvalue weighted by molar-refractivity contribution is 6.03. The zero-order chi connectivity index (χ0) is 14.9. The van der Waals surface area contributed by atoms with Crippen LogP contribution < -0.4 is 0 Å². The van der Waals surface area contributed by atoms with E-state index in [4.69, 9.17) is 0 Å². The van der Waals surface area contributed by atoms with Crippen molar-refractivity contribution in [1.29, 1.82) is 0 Å². The van der Waals surface area contributed by atoms with Crippen LogP contribution in [0.3, 0.4) is 0 Å². The van der Waals surface area contributed by atoms with Crippen LogP contribution in [0.2, 0.25) is 0 Å². The second-order valence-corrected chi connectivity index (χ2v) is 5.76. The van der Waals surface area contributed by atoms with Gasteiger partial charge < -0.3 is 0 Å². The number of hydrogen-bond acceptors (Lipinski definition) is 1. The maximum Gasteiger partial charge on any atom is 0.164 e. The van der Waals surface area contributed by atoms with Gasteiger partial charge in [0.1, 0.15) is 0 Å². The Morgan fingerprint density at radius 2 is 1.41 bits per heavy atom. The van der Waals surface area contributed by atoms with Crippen molar-refractivity contribution in [2.45, 2.75) is 12.3 Å². The molecule has 3 aromatic carbocycles. The van der Waals surface area contributed by atoms with E-state index in [1.54, 1.807) is 0 Å². The number of fused-ring (bicyclic) bond motifs is 1. The minimum absolute atomic E-state index is 0.202. The Balaban J connectivity index is 1.79. The van der Waals surface area contributed by atoms with Gasteiger partial charge >= 0.3 is 0 Å². The van der Waals surface area contributed by atoms with Crippen LogP contribution in [0, 0.1) is 0 Å². The Hall–Kier alpha value is -2.67. The molecule has 0 saturated heterocycles. The fraction of sp³-hybridized carbons (Fsp3) is 0.0952. The van der Waals surface area contributed by atoms with E-state index in [2.05, 4.69) is 42.5 Å². The van der Waals surface area contributed by atoms with Gasteiger partial charge in [0.15, 0.2) is 5.78 Å². The SMILES string of the molecule is O=C1CC(c2ccccc2)c2ccc(-c3ccccc3)cc21. The third kappa shape index (κ3) is 2.15. The summed E-state index contributed by atoms with van der Waals surface area (Å²) >= 11 is 0. The fourth-order valence-corrected chi connectivity index (χ4v) is 3.30. The number of ketones is 1. The monoisotopic (exact) mass is 284 g/mol. The van der Waals surface area contributed by atoms with Gasteiger partial charge in [0, 0.05) is 17.9 Å². The summed E-state index contributed by atoms with van der Waals surface area (Å²) in [5, 5.41) is 0. The summed E-state index contributed by atoms with van der Waals surface area (Å²) in [4.78, 5) is 12.4. The average Bonchev–Trinajstić information content (AvgIpc) is 2.93. The molecular formula is C21H16O. The smallest absolute Gasteiger partial charge is 0.164 e. The highest BCUT2D eigenvalue weighted by Crippen LogP contribution is 2.39. The molecule has 3 aromatic rings. The fourth-order valence-electron chi connectivity index (χ4n) is 3.30. The molecule has 0 spiro atoms. The molecule has 0 heterocycles. The first-order valence-corrected chi connectivity index (χ1v) is 7.60. The van der Waals surface area contributed by atoms with E-state index >= 15 is 0 Å². The summed E-state index contributed by atoms with van der Waals surface area (Å²) in [5.74, 6) is 0.454. The first-order chi connectivity index (χ1) is 10.8. The van der Waals surface area contributed by atoms with E-state index in [1.807, 2.05) is 36.4 Å². The maximum absolute atomic E-state index is 12.4. The van der Waals surface area contributed by atoms with Gasteiger partial charge in [-0.2, -0.15) is 0 Å². The predicted molar refractivity (Wildman–Crippen MR) is 89.1 cm³/mol. The molecule has 1 heteroatoms. The normalized spacial score (nSPS) is 16.5. The molecule has 0 N–H and O–H groups in total. The molecule has 1 aliphatic carbocycles. The zero-order valence-electron chi connectivity index (χ0n) is 12.2. The van der Waals surface area contributed by atoms with Gasteiger partial charge in [0.05, 0.1) is 0 Å². The van der Waals surface area contributed by atoms with Gasteiger partial charge in [-0.25, -0.2) is 0 Å². The Labute approximate surface area is 130 Å². The topological polar surface area (TPSA) is 17.1 Å². The van der Waals surface area contributed by atoms with E-state index in [0.29, 0.717) is 6.42 Å². The maximum atomic E-state index is 12.4. The van der Waals surface area contributed by atoms with E-state index in [1.165, 1.54) is 5.56 Å². The van der Waals surface area contributed by atoms with Crippen molar-refractivity contribution in [3.8, 4) is 11.1 Å². The van der Waals surface area contributed by atoms with Crippen molar-refractivity contribution in [3.05, 3.63) is 95.6 Å². The van der Waals surface area contributed by atoms with Gasteiger partial charge in [-0.1, -0.05) is 72.8 Å². The van der Waals surface area contributed by atoms with Crippen LogP contribution in [0.25, 0.3) is 11.1 Å². The second kappa shape index (κ2) is 5.27. The summed E-state index contributed by atoms with van der Waals surface area (Å²) in [6, 6.07) is 26.8. The first-order valence-electron chi connectivity index (χ1n) is 7.60. The van der Waals surface area contributed by atoms with Crippen molar-refractivity contribution in [3.63, 3.8) is 0 Å². The number of carbonyl (C=O) groups excluding carboxylic acids is 1. The molecule has 1 nitrogen and oxygen atoms in total. The molecule has 1 atom stereocenters. The summed E-state index contributed by atoms with van der Waals surface area (Å²) in [7, 11) is 0. The van der Waals surface area contributed by atoms with Crippen LogP contribution in [-0.4, -0.2) is 5.78 Å². The number of hydrogen-bond donors (Lipinski definition) is 0. The Bertz CT molecular complexity index is 819. The number of benzene rings is 3. The second-order valence-electron chi connectivity index (χ2n) is 5.76. The van der Waals surface area contributed by atoms with Gasteiger partial charge in [-0.3, -0.25) is 4.79 Å². The zero-order valence-corrected chi connectivity index (χ0v) is 12.2. The molecule has 0 fully saturated rings. The predicted octanol–water partition coefficient (Wildman–Crippen LogP) is 5.07.